The summed E-state index contributed by atoms with van der Waals surface area (Å²) in [4.78, 5) is 23.7. The molecule has 2 aromatic carbocycles. The van der Waals surface area contributed by atoms with Crippen LogP contribution in [-0.2, 0) is 15.0 Å². The molecule has 35 heavy (non-hydrogen) atoms. The number of carbonyl (C=O) groups is 2. The lowest BCUT2D eigenvalue weighted by atomic mass is 9.48. The number of aliphatic carboxylic acids is 1. The van der Waals surface area contributed by atoms with Gasteiger partial charge in [-0.25, -0.2) is 9.59 Å². The molecule has 0 aliphatic heterocycles. The van der Waals surface area contributed by atoms with Crippen molar-refractivity contribution in [1.82, 2.24) is 0 Å². The minimum absolute atomic E-state index is 0.0125. The second kappa shape index (κ2) is 9.27. The predicted molar refractivity (Wildman–Crippen MR) is 137 cm³/mol. The molecule has 2 aromatic rings. The van der Waals surface area contributed by atoms with Crippen LogP contribution in [0.4, 0.5) is 0 Å². The maximum Gasteiger partial charge on any atom is 0.328 e. The average Bonchev–Trinajstić information content (AvgIpc) is 2.82. The molecular weight excluding hydrogens is 438 g/mol. The molecule has 0 amide bonds. The van der Waals surface area contributed by atoms with E-state index in [-0.39, 0.29) is 17.3 Å². The highest BCUT2D eigenvalue weighted by Gasteiger charge is 2.52. The first-order valence-electron chi connectivity index (χ1n) is 12.9. The summed E-state index contributed by atoms with van der Waals surface area (Å²) in [7, 11) is 0. The van der Waals surface area contributed by atoms with Gasteiger partial charge < -0.3 is 15.6 Å². The van der Waals surface area contributed by atoms with Crippen LogP contribution in [0.2, 0.25) is 0 Å². The summed E-state index contributed by atoms with van der Waals surface area (Å²) in [5, 5.41) is 8.88. The van der Waals surface area contributed by atoms with Crippen LogP contribution in [0.25, 0.3) is 17.2 Å². The van der Waals surface area contributed by atoms with Crippen LogP contribution in [-0.4, -0.2) is 23.1 Å². The molecule has 4 bridgehead atoms. The number of esters is 1. The van der Waals surface area contributed by atoms with Crippen LogP contribution in [0.5, 0.6) is 5.75 Å². The number of rotatable bonds is 7. The van der Waals surface area contributed by atoms with Gasteiger partial charge in [0.2, 0.25) is 0 Å². The van der Waals surface area contributed by atoms with Crippen LogP contribution in [0.15, 0.2) is 48.5 Å². The molecule has 184 valence electrons. The van der Waals surface area contributed by atoms with Gasteiger partial charge in [-0.3, -0.25) is 0 Å². The zero-order chi connectivity index (χ0) is 24.7. The van der Waals surface area contributed by atoms with Gasteiger partial charge in [0, 0.05) is 11.6 Å². The van der Waals surface area contributed by atoms with Crippen LogP contribution in [0, 0.1) is 23.7 Å². The predicted octanol–water partition coefficient (Wildman–Crippen LogP) is 5.81. The molecule has 4 aliphatic rings. The van der Waals surface area contributed by atoms with E-state index in [9.17, 15) is 9.59 Å². The third kappa shape index (κ3) is 4.79. The van der Waals surface area contributed by atoms with Gasteiger partial charge in [-0.2, -0.15) is 0 Å². The van der Waals surface area contributed by atoms with Crippen LogP contribution < -0.4 is 10.5 Å². The lowest BCUT2D eigenvalue weighted by molar-refractivity contribution is -0.137. The molecule has 1 unspecified atom stereocenters. The van der Waals surface area contributed by atoms with Crippen molar-refractivity contribution in [3.05, 3.63) is 59.7 Å². The van der Waals surface area contributed by atoms with E-state index in [1.54, 1.807) is 6.08 Å². The Labute approximate surface area is 207 Å². The quantitative estimate of drug-likeness (QED) is 0.301. The third-order valence-corrected chi connectivity index (χ3v) is 8.45. The molecule has 4 saturated carbocycles. The van der Waals surface area contributed by atoms with Gasteiger partial charge in [-0.1, -0.05) is 44.2 Å². The van der Waals surface area contributed by atoms with Crippen LogP contribution in [0.3, 0.4) is 0 Å². The van der Waals surface area contributed by atoms with Gasteiger partial charge in [0.15, 0.2) is 0 Å². The summed E-state index contributed by atoms with van der Waals surface area (Å²) in [6.07, 6.45) is 10.3. The number of carboxylic acids is 1. The number of nitrogens with two attached hydrogens (primary N) is 1. The number of hydrogen-bond acceptors (Lipinski definition) is 4. The molecule has 5 heteroatoms. The molecule has 1 atom stereocenters. The standard InChI is InChI=1S/C30H35NO4/c1-18(2)28(31)29(34)35-26-9-8-24(23-6-3-19(4-7-23)5-10-27(32)33)14-25(26)30-15-20-11-21(16-30)13-22(12-20)17-30/h3-10,14,18,20-22,28H,11-13,15-17,31H2,1-2H3,(H,32,33)/b10-5+. The Bertz CT molecular complexity index is 1110. The van der Waals surface area contributed by atoms with E-state index in [1.807, 2.05) is 50.2 Å². The summed E-state index contributed by atoms with van der Waals surface area (Å²) in [6, 6.07) is 13.4. The van der Waals surface area contributed by atoms with E-state index >= 15 is 0 Å². The highest BCUT2D eigenvalue weighted by molar-refractivity contribution is 5.85. The van der Waals surface area contributed by atoms with Crippen molar-refractivity contribution >= 4 is 18.0 Å². The Morgan fingerprint density at radius 2 is 1.54 bits per heavy atom. The Kier molecular flexibility index (Phi) is 6.30. The Morgan fingerprint density at radius 3 is 2.09 bits per heavy atom. The van der Waals surface area contributed by atoms with Gasteiger partial charge in [0.05, 0.1) is 0 Å². The molecular formula is C30H35NO4. The zero-order valence-electron chi connectivity index (χ0n) is 20.6. The van der Waals surface area contributed by atoms with Crippen molar-refractivity contribution < 1.29 is 19.4 Å². The molecule has 5 nitrogen and oxygen atoms in total. The van der Waals surface area contributed by atoms with Gasteiger partial charge in [0.1, 0.15) is 11.8 Å². The van der Waals surface area contributed by atoms with E-state index in [1.165, 1.54) is 38.5 Å². The maximum absolute atomic E-state index is 12.8. The fraction of sp³-hybridized carbons (Fsp3) is 0.467. The highest BCUT2D eigenvalue weighted by atomic mass is 16.5. The summed E-state index contributed by atoms with van der Waals surface area (Å²) in [6.45, 7) is 3.87. The maximum atomic E-state index is 12.8. The minimum atomic E-state index is -0.961. The number of ether oxygens (including phenoxy) is 1. The van der Waals surface area contributed by atoms with Crippen molar-refractivity contribution in [2.24, 2.45) is 29.4 Å². The van der Waals surface area contributed by atoms with Gasteiger partial charge in [0.25, 0.3) is 0 Å². The molecule has 4 aliphatic carbocycles. The summed E-state index contributed by atoms with van der Waals surface area (Å²) < 4.78 is 5.99. The topological polar surface area (TPSA) is 89.6 Å². The summed E-state index contributed by atoms with van der Waals surface area (Å²) >= 11 is 0. The second-order valence-electron chi connectivity index (χ2n) is 11.4. The Morgan fingerprint density at radius 1 is 0.971 bits per heavy atom. The second-order valence-corrected chi connectivity index (χ2v) is 11.4. The van der Waals surface area contributed by atoms with Crippen LogP contribution >= 0.6 is 0 Å². The first-order valence-corrected chi connectivity index (χ1v) is 12.9. The Hall–Kier alpha value is -2.92. The normalized spacial score (nSPS) is 27.9. The third-order valence-electron chi connectivity index (χ3n) is 8.45. The number of benzene rings is 2. The highest BCUT2D eigenvalue weighted by Crippen LogP contribution is 2.62. The van der Waals surface area contributed by atoms with E-state index in [0.29, 0.717) is 5.75 Å². The van der Waals surface area contributed by atoms with Gasteiger partial charge in [-0.05, 0) is 103 Å². The van der Waals surface area contributed by atoms with E-state index in [0.717, 1.165) is 46.1 Å². The van der Waals surface area contributed by atoms with Crippen molar-refractivity contribution in [3.8, 4) is 16.9 Å². The number of carboxylic acid groups (broad SMARTS) is 1. The number of hydrogen-bond donors (Lipinski definition) is 2. The first-order chi connectivity index (χ1) is 16.7. The summed E-state index contributed by atoms with van der Waals surface area (Å²) in [5.74, 6) is 1.66. The lowest BCUT2D eigenvalue weighted by Gasteiger charge is -2.57. The van der Waals surface area contributed by atoms with Crippen molar-refractivity contribution in [2.45, 2.75) is 63.8 Å². The minimum Gasteiger partial charge on any atom is -0.478 e. The van der Waals surface area contributed by atoms with Crippen molar-refractivity contribution in [3.63, 3.8) is 0 Å². The average molecular weight is 474 g/mol. The molecule has 4 fully saturated rings. The van der Waals surface area contributed by atoms with Crippen molar-refractivity contribution in [2.75, 3.05) is 0 Å². The molecule has 0 saturated heterocycles. The molecule has 0 aromatic heterocycles. The van der Waals surface area contributed by atoms with Crippen LogP contribution in [0.1, 0.15) is 63.5 Å². The Balaban J connectivity index is 1.52. The van der Waals surface area contributed by atoms with E-state index in [2.05, 4.69) is 6.07 Å². The fourth-order valence-electron chi connectivity index (χ4n) is 7.06. The molecule has 0 heterocycles. The largest absolute Gasteiger partial charge is 0.478 e. The van der Waals surface area contributed by atoms with Gasteiger partial charge in [-0.15, -0.1) is 0 Å². The molecule has 0 spiro atoms. The monoisotopic (exact) mass is 473 g/mol. The van der Waals surface area contributed by atoms with E-state index in [4.69, 9.17) is 15.6 Å². The molecule has 6 rings (SSSR count). The number of carbonyl (C=O) groups excluding carboxylic acids is 1. The van der Waals surface area contributed by atoms with Gasteiger partial charge >= 0.3 is 11.9 Å². The smallest absolute Gasteiger partial charge is 0.328 e. The fourth-order valence-corrected chi connectivity index (χ4v) is 7.06. The molecule has 0 radical (unpaired) electrons. The zero-order valence-corrected chi connectivity index (χ0v) is 20.6. The summed E-state index contributed by atoms with van der Waals surface area (Å²) in [5.41, 5.74) is 10.3. The first kappa shape index (κ1) is 23.8. The molecule has 3 N–H and O–H groups in total. The lowest BCUT2D eigenvalue weighted by Crippen LogP contribution is -2.49. The SMILES string of the molecule is CC(C)C(N)C(=O)Oc1ccc(-c2ccc(/C=C/C(=O)O)cc2)cc1C12CC3CC(CC(C3)C1)C2. The van der Waals surface area contributed by atoms with E-state index < -0.39 is 12.0 Å². The van der Waals surface area contributed by atoms with Crippen molar-refractivity contribution in [1.29, 1.82) is 0 Å².